The molecule has 3 rings (SSSR count). The minimum absolute atomic E-state index is 0.171. The Balaban J connectivity index is 1.93. The van der Waals surface area contributed by atoms with Crippen LogP contribution in [0.25, 0.3) is 10.9 Å². The number of nitriles is 1. The molecule has 0 aliphatic carbocycles. The van der Waals surface area contributed by atoms with Crippen LogP contribution >= 0.6 is 0 Å². The van der Waals surface area contributed by atoms with Crippen LogP contribution in [0.1, 0.15) is 16.8 Å². The summed E-state index contributed by atoms with van der Waals surface area (Å²) in [6, 6.07) is 6.17. The van der Waals surface area contributed by atoms with Crippen molar-refractivity contribution in [2.45, 2.75) is 19.1 Å². The van der Waals surface area contributed by atoms with Crippen molar-refractivity contribution >= 4 is 29.3 Å². The molecule has 23 heavy (non-hydrogen) atoms. The smallest absolute Gasteiger partial charge is 0.340 e. The summed E-state index contributed by atoms with van der Waals surface area (Å²) in [7, 11) is 3.34. The summed E-state index contributed by atoms with van der Waals surface area (Å²) in [6.07, 6.45) is 4.74. The van der Waals surface area contributed by atoms with Gasteiger partial charge >= 0.3 is 5.97 Å². The van der Waals surface area contributed by atoms with E-state index >= 15 is 0 Å². The number of aromatic nitrogens is 1. The minimum Gasteiger partial charge on any atom is -0.465 e. The third kappa shape index (κ3) is 2.91. The van der Waals surface area contributed by atoms with Gasteiger partial charge in [0.1, 0.15) is 0 Å². The minimum atomic E-state index is -0.310. The first-order valence-electron chi connectivity index (χ1n) is 7.96. The van der Waals surface area contributed by atoms with Gasteiger partial charge in [0.05, 0.1) is 18.2 Å². The van der Waals surface area contributed by atoms with E-state index in [1.54, 1.807) is 0 Å². The van der Waals surface area contributed by atoms with Crippen LogP contribution in [0.4, 0.5) is 5.69 Å². The molecule has 1 saturated heterocycles. The van der Waals surface area contributed by atoms with Crippen molar-refractivity contribution < 1.29 is 9.53 Å². The largest absolute Gasteiger partial charge is 0.465 e. The van der Waals surface area contributed by atoms with Crippen LogP contribution in [-0.4, -0.2) is 37.4 Å². The summed E-state index contributed by atoms with van der Waals surface area (Å²) in [6.45, 7) is 2.04. The number of hydrogen-bond acceptors (Lipinski definition) is 4. The van der Waals surface area contributed by atoms with E-state index in [-0.39, 0.29) is 12.7 Å². The fraction of sp³-hybridized carbons (Fsp3) is 0.412. The lowest BCUT2D eigenvalue weighted by Gasteiger charge is -2.23. The second-order valence-corrected chi connectivity index (χ2v) is 6.09. The van der Waals surface area contributed by atoms with Crippen LogP contribution in [0, 0.1) is 11.2 Å². The maximum absolute atomic E-state index is 11.9. The molecule has 2 heterocycles. The van der Waals surface area contributed by atoms with Gasteiger partial charge in [0, 0.05) is 43.4 Å². The van der Waals surface area contributed by atoms with E-state index in [1.807, 2.05) is 23.9 Å². The van der Waals surface area contributed by atoms with Gasteiger partial charge in [0.25, 0.3) is 6.71 Å². The van der Waals surface area contributed by atoms with Gasteiger partial charge in [-0.1, -0.05) is 6.32 Å². The van der Waals surface area contributed by atoms with Crippen molar-refractivity contribution in [3.05, 3.63) is 30.0 Å². The Bertz CT molecular complexity index is 778. The number of hydrogen-bond donors (Lipinski definition) is 0. The van der Waals surface area contributed by atoms with Crippen LogP contribution in [0.15, 0.2) is 24.4 Å². The highest BCUT2D eigenvalue weighted by Gasteiger charge is 2.21. The third-order valence-corrected chi connectivity index (χ3v) is 4.66. The Morgan fingerprint density at radius 2 is 2.17 bits per heavy atom. The van der Waals surface area contributed by atoms with E-state index in [0.29, 0.717) is 5.56 Å². The molecule has 0 radical (unpaired) electrons. The van der Waals surface area contributed by atoms with Crippen molar-refractivity contribution in [2.75, 3.05) is 25.1 Å². The first-order valence-corrected chi connectivity index (χ1v) is 7.96. The highest BCUT2D eigenvalue weighted by Crippen LogP contribution is 2.28. The number of anilines is 1. The average Bonchev–Trinajstić information content (AvgIpc) is 2.77. The van der Waals surface area contributed by atoms with Crippen LogP contribution in [0.3, 0.4) is 0 Å². The third-order valence-electron chi connectivity index (χ3n) is 4.66. The van der Waals surface area contributed by atoms with Gasteiger partial charge < -0.3 is 14.2 Å². The van der Waals surface area contributed by atoms with Gasteiger partial charge in [0.2, 0.25) is 0 Å². The van der Waals surface area contributed by atoms with Crippen molar-refractivity contribution in [3.8, 4) is 5.97 Å². The number of esters is 1. The molecule has 0 unspecified atom stereocenters. The number of methoxy groups -OCH3 is 1. The zero-order valence-electron chi connectivity index (χ0n) is 13.6. The number of nitrogens with zero attached hydrogens (tertiary/aromatic N) is 3. The molecule has 0 N–H and O–H groups in total. The van der Waals surface area contributed by atoms with E-state index in [4.69, 9.17) is 10.00 Å². The molecule has 0 bridgehead atoms. The molecule has 0 spiro atoms. The van der Waals surface area contributed by atoms with E-state index in [0.717, 1.165) is 48.7 Å². The summed E-state index contributed by atoms with van der Waals surface area (Å²) in [5, 5.41) is 10.0. The fourth-order valence-corrected chi connectivity index (χ4v) is 3.33. The van der Waals surface area contributed by atoms with Gasteiger partial charge in [-0.15, -0.1) is 0 Å². The number of carbonyl (C=O) groups excluding carboxylic acids is 1. The molecular formula is C17H20BN3O2. The summed E-state index contributed by atoms with van der Waals surface area (Å²) < 4.78 is 6.81. The molecule has 118 valence electrons. The molecule has 2 aromatic rings. The molecule has 5 nitrogen and oxygen atoms in total. The van der Waals surface area contributed by atoms with Crippen molar-refractivity contribution in [2.24, 2.45) is 7.05 Å². The lowest BCUT2D eigenvalue weighted by molar-refractivity contribution is 0.0603. The SMILES string of the molecule is COC(=O)c1cn(C)c2cc(N3CCCB(C#N)CC3)ccc12. The predicted octanol–water partition coefficient (Wildman–Crippen LogP) is 2.73. The summed E-state index contributed by atoms with van der Waals surface area (Å²) in [5.74, 6) is 2.08. The Hall–Kier alpha value is -2.42. The van der Waals surface area contributed by atoms with E-state index in [1.165, 1.54) is 7.11 Å². The van der Waals surface area contributed by atoms with E-state index in [2.05, 4.69) is 23.0 Å². The number of carbonyl (C=O) groups is 1. The zero-order chi connectivity index (χ0) is 16.4. The molecule has 6 heteroatoms. The Kier molecular flexibility index (Phi) is 4.29. The Morgan fingerprint density at radius 1 is 1.35 bits per heavy atom. The second-order valence-electron chi connectivity index (χ2n) is 6.09. The van der Waals surface area contributed by atoms with Gasteiger partial charge in [-0.05, 0) is 30.9 Å². The Labute approximate surface area is 136 Å². The quantitative estimate of drug-likeness (QED) is 0.632. The summed E-state index contributed by atoms with van der Waals surface area (Å²) in [4.78, 5) is 14.2. The monoisotopic (exact) mass is 309 g/mol. The van der Waals surface area contributed by atoms with Gasteiger partial charge in [-0.3, -0.25) is 0 Å². The lowest BCUT2D eigenvalue weighted by Crippen LogP contribution is -2.24. The Morgan fingerprint density at radius 3 is 2.91 bits per heavy atom. The molecule has 1 aliphatic rings. The molecule has 0 atom stereocenters. The van der Waals surface area contributed by atoms with Crippen molar-refractivity contribution in [1.82, 2.24) is 4.57 Å². The van der Waals surface area contributed by atoms with Gasteiger partial charge in [0.15, 0.2) is 0 Å². The normalized spacial score (nSPS) is 15.3. The molecule has 1 fully saturated rings. The van der Waals surface area contributed by atoms with Crippen LogP contribution in [-0.2, 0) is 11.8 Å². The number of ether oxygens (including phenoxy) is 1. The number of benzene rings is 1. The van der Waals surface area contributed by atoms with Crippen LogP contribution < -0.4 is 4.90 Å². The molecule has 1 aliphatic heterocycles. The van der Waals surface area contributed by atoms with Gasteiger partial charge in [-0.25, -0.2) is 10.1 Å². The number of fused-ring (bicyclic) bond motifs is 1. The van der Waals surface area contributed by atoms with E-state index in [9.17, 15) is 4.79 Å². The molecule has 1 aromatic carbocycles. The summed E-state index contributed by atoms with van der Waals surface area (Å²) >= 11 is 0. The second kappa shape index (κ2) is 6.37. The number of aryl methyl sites for hydroxylation is 1. The van der Waals surface area contributed by atoms with Gasteiger partial charge in [-0.2, -0.15) is 0 Å². The maximum atomic E-state index is 11.9. The first-order chi connectivity index (χ1) is 11.1. The first kappa shape index (κ1) is 15.5. The average molecular weight is 309 g/mol. The van der Waals surface area contributed by atoms with Crippen molar-refractivity contribution in [3.63, 3.8) is 0 Å². The molecule has 0 saturated carbocycles. The molecular weight excluding hydrogens is 289 g/mol. The highest BCUT2D eigenvalue weighted by molar-refractivity contribution is 6.67. The maximum Gasteiger partial charge on any atom is 0.340 e. The fourth-order valence-electron chi connectivity index (χ4n) is 3.33. The van der Waals surface area contributed by atoms with Crippen LogP contribution in [0.5, 0.6) is 0 Å². The molecule has 1 aromatic heterocycles. The standard InChI is InChI=1S/C17H20BN3O2/c1-20-11-15(17(22)23-2)14-5-4-13(10-16(14)20)21-8-3-6-18(12-19)7-9-21/h4-5,10-11H,3,6-9H2,1-2H3. The predicted molar refractivity (Wildman–Crippen MR) is 92.1 cm³/mol. The highest BCUT2D eigenvalue weighted by atomic mass is 16.5. The van der Waals surface area contributed by atoms with E-state index < -0.39 is 0 Å². The van der Waals surface area contributed by atoms with Crippen LogP contribution in [0.2, 0.25) is 12.6 Å². The number of rotatable bonds is 2. The topological polar surface area (TPSA) is 58.3 Å². The zero-order valence-corrected chi connectivity index (χ0v) is 13.6. The molecule has 0 amide bonds. The summed E-state index contributed by atoms with van der Waals surface area (Å²) in [5.41, 5.74) is 2.76. The lowest BCUT2D eigenvalue weighted by atomic mass is 9.46. The van der Waals surface area contributed by atoms with Crippen molar-refractivity contribution in [1.29, 1.82) is 5.26 Å².